The molecule has 0 heterocycles. The summed E-state index contributed by atoms with van der Waals surface area (Å²) in [7, 11) is 0. The van der Waals surface area contributed by atoms with Gasteiger partial charge in [0.1, 0.15) is 0 Å². The minimum Gasteiger partial charge on any atom is -0.375 e. The molecule has 5 heteroatoms. The molecule has 3 nitrogen and oxygen atoms in total. The standard InChI is InChI=1S/CH5N3S.Hg/c2-1(5)4-3;/h3H2,(H3,2,4,5);. The van der Waals surface area contributed by atoms with E-state index < -0.39 is 0 Å². The molecule has 5 N–H and O–H groups in total. The van der Waals surface area contributed by atoms with Crippen LogP contribution in [0.5, 0.6) is 0 Å². The summed E-state index contributed by atoms with van der Waals surface area (Å²) in [6, 6.07) is 0. The second-order valence-corrected chi connectivity index (χ2v) is 0.948. The molecule has 0 amide bonds. The smallest absolute Gasteiger partial charge is 0.177 e. The largest absolute Gasteiger partial charge is 0.375 e. The third-order valence-electron chi connectivity index (χ3n) is 0.142. The Hall–Kier alpha value is 0.585. The minimum atomic E-state index is 0. The molecule has 6 heavy (non-hydrogen) atoms. The van der Waals surface area contributed by atoms with Gasteiger partial charge >= 0.3 is 0 Å². The molecule has 0 aliphatic carbocycles. The van der Waals surface area contributed by atoms with Crippen molar-refractivity contribution in [2.75, 3.05) is 0 Å². The fourth-order valence-corrected chi connectivity index (χ4v) is 0. The van der Waals surface area contributed by atoms with Crippen LogP contribution in [-0.2, 0) is 27.7 Å². The average Bonchev–Trinajstić information content (AvgIpc) is 1.38. The van der Waals surface area contributed by atoms with Gasteiger partial charge in [0, 0.05) is 27.7 Å². The zero-order valence-electron chi connectivity index (χ0n) is 3.27. The summed E-state index contributed by atoms with van der Waals surface area (Å²) >= 11 is 4.24. The quantitative estimate of drug-likeness (QED) is 0.224. The average molecular weight is 292 g/mol. The number of nitrogens with one attached hydrogen (secondary N) is 1. The van der Waals surface area contributed by atoms with E-state index in [0.717, 1.165) is 0 Å². The van der Waals surface area contributed by atoms with Crippen LogP contribution in [0, 0.1) is 0 Å². The van der Waals surface area contributed by atoms with Crippen molar-refractivity contribution in [1.82, 2.24) is 5.43 Å². The van der Waals surface area contributed by atoms with Crippen molar-refractivity contribution in [3.8, 4) is 0 Å². The van der Waals surface area contributed by atoms with Gasteiger partial charge in [-0.3, -0.25) is 0 Å². The van der Waals surface area contributed by atoms with Gasteiger partial charge in [-0.05, 0) is 12.2 Å². The van der Waals surface area contributed by atoms with Gasteiger partial charge in [-0.25, -0.2) is 5.84 Å². The monoisotopic (exact) mass is 293 g/mol. The molecule has 0 aromatic rings. The Balaban J connectivity index is 0. The Labute approximate surface area is 61.9 Å². The first-order valence-corrected chi connectivity index (χ1v) is 1.44. The molecule has 0 saturated heterocycles. The van der Waals surface area contributed by atoms with E-state index in [2.05, 4.69) is 18.1 Å². The summed E-state index contributed by atoms with van der Waals surface area (Å²) in [4.78, 5) is 0. The van der Waals surface area contributed by atoms with E-state index in [1.807, 2.05) is 5.43 Å². The van der Waals surface area contributed by atoms with Crippen LogP contribution >= 0.6 is 12.2 Å². The van der Waals surface area contributed by atoms with Crippen LogP contribution in [0.2, 0.25) is 0 Å². The van der Waals surface area contributed by atoms with Gasteiger partial charge in [-0.2, -0.15) is 0 Å². The van der Waals surface area contributed by atoms with E-state index in [4.69, 9.17) is 5.73 Å². The Morgan fingerprint density at radius 3 is 1.83 bits per heavy atom. The molecular weight excluding hydrogens is 287 g/mol. The zero-order chi connectivity index (χ0) is 4.28. The third-order valence-corrected chi connectivity index (χ3v) is 0.260. The first-order chi connectivity index (χ1) is 2.27. The summed E-state index contributed by atoms with van der Waals surface area (Å²) in [6.45, 7) is 0. The van der Waals surface area contributed by atoms with Crippen molar-refractivity contribution in [3.05, 3.63) is 0 Å². The van der Waals surface area contributed by atoms with E-state index in [1.54, 1.807) is 0 Å². The maximum absolute atomic E-state index is 4.79. The van der Waals surface area contributed by atoms with Gasteiger partial charge in [0.05, 0.1) is 0 Å². The predicted molar refractivity (Wildman–Crippen MR) is 24.1 cm³/mol. The molecule has 0 fully saturated rings. The molecule has 0 spiro atoms. The number of nitrogens with two attached hydrogens (primary N) is 2. The van der Waals surface area contributed by atoms with Crippen molar-refractivity contribution in [3.63, 3.8) is 0 Å². The first-order valence-electron chi connectivity index (χ1n) is 1.03. The molecule has 0 aliphatic heterocycles. The van der Waals surface area contributed by atoms with Crippen LogP contribution in [0.3, 0.4) is 0 Å². The summed E-state index contributed by atoms with van der Waals surface area (Å²) in [6.07, 6.45) is 0. The molecule has 0 aromatic carbocycles. The Kier molecular flexibility index (Phi) is 9.09. The van der Waals surface area contributed by atoms with Crippen LogP contribution in [0.25, 0.3) is 0 Å². The molecule has 0 atom stereocenters. The van der Waals surface area contributed by atoms with E-state index in [-0.39, 0.29) is 32.8 Å². The molecule has 0 aliphatic rings. The molecule has 0 rings (SSSR count). The normalized spacial score (nSPS) is 5.50. The number of hydrogen-bond donors (Lipinski definition) is 3. The van der Waals surface area contributed by atoms with Crippen molar-refractivity contribution in [2.24, 2.45) is 11.6 Å². The molecule has 32 valence electrons. The maximum atomic E-state index is 4.79. The molecule has 0 radical (unpaired) electrons. The van der Waals surface area contributed by atoms with E-state index in [9.17, 15) is 0 Å². The number of rotatable bonds is 0. The van der Waals surface area contributed by atoms with Crippen molar-refractivity contribution >= 4 is 17.3 Å². The summed E-state index contributed by atoms with van der Waals surface area (Å²) < 4.78 is 0. The summed E-state index contributed by atoms with van der Waals surface area (Å²) in [5.41, 5.74) is 6.82. The Morgan fingerprint density at radius 2 is 1.83 bits per heavy atom. The second-order valence-electron chi connectivity index (χ2n) is 0.509. The van der Waals surface area contributed by atoms with Gasteiger partial charge in [0.15, 0.2) is 5.11 Å². The first kappa shape index (κ1) is 9.77. The topological polar surface area (TPSA) is 64.1 Å². The van der Waals surface area contributed by atoms with Gasteiger partial charge in [0.25, 0.3) is 0 Å². The van der Waals surface area contributed by atoms with E-state index in [1.165, 1.54) is 0 Å². The van der Waals surface area contributed by atoms with Gasteiger partial charge in [0.2, 0.25) is 0 Å². The van der Waals surface area contributed by atoms with Crippen LogP contribution in [-0.4, -0.2) is 5.11 Å². The molecule has 0 saturated carbocycles. The summed E-state index contributed by atoms with van der Waals surface area (Å²) in [5.74, 6) is 4.66. The predicted octanol–water partition coefficient (Wildman–Crippen LogP) is -1.31. The number of hydrogen-bond acceptors (Lipinski definition) is 2. The van der Waals surface area contributed by atoms with Crippen molar-refractivity contribution in [1.29, 1.82) is 0 Å². The summed E-state index contributed by atoms with van der Waals surface area (Å²) in [5, 5.41) is 0.116. The van der Waals surface area contributed by atoms with Gasteiger partial charge in [-0.1, -0.05) is 0 Å². The van der Waals surface area contributed by atoms with Crippen LogP contribution in [0.4, 0.5) is 0 Å². The van der Waals surface area contributed by atoms with Gasteiger partial charge in [-0.15, -0.1) is 0 Å². The van der Waals surface area contributed by atoms with E-state index >= 15 is 0 Å². The second kappa shape index (κ2) is 5.59. The van der Waals surface area contributed by atoms with Crippen LogP contribution in [0.1, 0.15) is 0 Å². The Bertz CT molecular complexity index is 46.1. The molecule has 0 bridgehead atoms. The minimum absolute atomic E-state index is 0. The molecule has 0 unspecified atom stereocenters. The van der Waals surface area contributed by atoms with Gasteiger partial charge < -0.3 is 11.2 Å². The Morgan fingerprint density at radius 1 is 1.67 bits per heavy atom. The van der Waals surface area contributed by atoms with Crippen LogP contribution in [0.15, 0.2) is 0 Å². The fraction of sp³-hybridized carbons (Fsp3) is 0. The fourth-order valence-electron chi connectivity index (χ4n) is 0. The SMILES string of the molecule is NNC(N)=S.[Hg]. The number of thiocarbonyl (C=S) groups is 1. The molecular formula is CH5HgN3S. The zero-order valence-corrected chi connectivity index (χ0v) is 9.58. The molecule has 0 aromatic heterocycles. The maximum Gasteiger partial charge on any atom is 0.177 e. The third kappa shape index (κ3) is 8.82. The van der Waals surface area contributed by atoms with Crippen LogP contribution < -0.4 is 17.0 Å². The van der Waals surface area contributed by atoms with E-state index in [0.29, 0.717) is 0 Å². The number of hydrazine groups is 1. The van der Waals surface area contributed by atoms with Crippen molar-refractivity contribution in [2.45, 2.75) is 0 Å². The van der Waals surface area contributed by atoms with Crippen molar-refractivity contribution < 1.29 is 27.7 Å².